The maximum absolute atomic E-state index is 12.5. The summed E-state index contributed by atoms with van der Waals surface area (Å²) in [5.41, 5.74) is 0. The van der Waals surface area contributed by atoms with E-state index < -0.39 is 12.3 Å². The quantitative estimate of drug-likeness (QED) is 0.812. The minimum Gasteiger partial charge on any atom is -0.384 e. The molecule has 1 aliphatic heterocycles. The summed E-state index contributed by atoms with van der Waals surface area (Å²) < 4.78 is 34.2. The molecule has 0 radical (unpaired) electrons. The van der Waals surface area contributed by atoms with Crippen molar-refractivity contribution >= 4 is 16.7 Å². The van der Waals surface area contributed by atoms with Gasteiger partial charge in [-0.1, -0.05) is 0 Å². The molecule has 0 bridgehead atoms. The normalized spacial score (nSPS) is 20.5. The summed E-state index contributed by atoms with van der Waals surface area (Å²) in [4.78, 5) is 6.23. The van der Waals surface area contributed by atoms with Crippen LogP contribution in [0.4, 0.5) is 13.9 Å². The van der Waals surface area contributed by atoms with Gasteiger partial charge in [0.25, 0.3) is 0 Å². The molecule has 2 rings (SSSR count). The second kappa shape index (κ2) is 5.68. The van der Waals surface area contributed by atoms with Gasteiger partial charge in [0.2, 0.25) is 11.6 Å². The van der Waals surface area contributed by atoms with Crippen molar-refractivity contribution in [3.05, 3.63) is 5.82 Å². The molecule has 17 heavy (non-hydrogen) atoms. The first-order valence-corrected chi connectivity index (χ1v) is 6.32. The van der Waals surface area contributed by atoms with Crippen LogP contribution < -0.4 is 4.90 Å². The molecule has 4 nitrogen and oxygen atoms in total. The summed E-state index contributed by atoms with van der Waals surface area (Å²) in [5, 5.41) is 0.749. The van der Waals surface area contributed by atoms with Crippen molar-refractivity contribution in [2.45, 2.75) is 19.3 Å². The highest BCUT2D eigenvalue weighted by molar-refractivity contribution is 7.09. The van der Waals surface area contributed by atoms with Gasteiger partial charge in [0.1, 0.15) is 5.82 Å². The molecule has 7 heteroatoms. The molecule has 1 aromatic rings. The Morgan fingerprint density at radius 1 is 1.59 bits per heavy atom. The number of ether oxygens (including phenoxy) is 1. The third-order valence-electron chi connectivity index (χ3n) is 2.84. The molecular weight excluding hydrogens is 248 g/mol. The Hall–Kier alpha value is -0.820. The highest BCUT2D eigenvalue weighted by Crippen LogP contribution is 2.28. The number of anilines is 1. The van der Waals surface area contributed by atoms with E-state index in [-0.39, 0.29) is 0 Å². The summed E-state index contributed by atoms with van der Waals surface area (Å²) in [6.45, 7) is 1.61. The molecule has 1 aliphatic rings. The summed E-state index contributed by atoms with van der Waals surface area (Å²) in [6.07, 6.45) is -1.04. The van der Waals surface area contributed by atoms with Crippen LogP contribution in [0.15, 0.2) is 0 Å². The lowest BCUT2D eigenvalue weighted by molar-refractivity contribution is 0.0880. The summed E-state index contributed by atoms with van der Waals surface area (Å²) in [5.74, 6) is 0.202. The number of methoxy groups -OCH3 is 1. The average Bonchev–Trinajstić information content (AvgIpc) is 2.94. The van der Waals surface area contributed by atoms with E-state index in [1.807, 2.05) is 4.90 Å². The van der Waals surface area contributed by atoms with Gasteiger partial charge in [-0.2, -0.15) is 4.37 Å². The van der Waals surface area contributed by atoms with Crippen molar-refractivity contribution in [2.24, 2.45) is 5.92 Å². The number of hydrogen-bond donors (Lipinski definition) is 0. The second-order valence-corrected chi connectivity index (χ2v) is 4.80. The van der Waals surface area contributed by atoms with Crippen LogP contribution in [-0.4, -0.2) is 42.6 Å². The standard InChI is InChI=1S/C10H15F2N3OS/c1-16-5-3-8-13-10(17-14-8)15-4-2-7(6-15)9(11)12/h7,9H,2-6H2,1H3. The molecule has 0 aliphatic carbocycles. The van der Waals surface area contributed by atoms with E-state index in [0.717, 1.165) is 11.0 Å². The minimum absolute atomic E-state index is 0.385. The molecule has 96 valence electrons. The van der Waals surface area contributed by atoms with Gasteiger partial charge in [-0.25, -0.2) is 13.8 Å². The largest absolute Gasteiger partial charge is 0.384 e. The molecule has 1 atom stereocenters. The van der Waals surface area contributed by atoms with Crippen LogP contribution >= 0.6 is 11.5 Å². The van der Waals surface area contributed by atoms with Crippen molar-refractivity contribution in [1.29, 1.82) is 0 Å². The molecule has 1 saturated heterocycles. The fourth-order valence-electron chi connectivity index (χ4n) is 1.83. The zero-order valence-electron chi connectivity index (χ0n) is 9.60. The summed E-state index contributed by atoms with van der Waals surface area (Å²) in [7, 11) is 1.63. The van der Waals surface area contributed by atoms with Gasteiger partial charge < -0.3 is 9.64 Å². The number of alkyl halides is 2. The van der Waals surface area contributed by atoms with Gasteiger partial charge in [0, 0.05) is 44.1 Å². The SMILES string of the molecule is COCCc1nsc(N2CCC(C(F)F)C2)n1. The maximum Gasteiger partial charge on any atom is 0.243 e. The van der Waals surface area contributed by atoms with E-state index in [4.69, 9.17) is 4.74 Å². The highest BCUT2D eigenvalue weighted by Gasteiger charge is 2.31. The van der Waals surface area contributed by atoms with Crippen LogP contribution in [0.2, 0.25) is 0 Å². The van der Waals surface area contributed by atoms with Gasteiger partial charge in [0.15, 0.2) is 0 Å². The Morgan fingerprint density at radius 2 is 2.41 bits per heavy atom. The Morgan fingerprint density at radius 3 is 3.06 bits per heavy atom. The predicted molar refractivity (Wildman–Crippen MR) is 61.8 cm³/mol. The van der Waals surface area contributed by atoms with Crippen molar-refractivity contribution < 1.29 is 13.5 Å². The van der Waals surface area contributed by atoms with Crippen molar-refractivity contribution in [3.63, 3.8) is 0 Å². The predicted octanol–water partition coefficient (Wildman–Crippen LogP) is 1.82. The first kappa shape index (κ1) is 12.6. The Kier molecular flexibility index (Phi) is 4.22. The summed E-state index contributed by atoms with van der Waals surface area (Å²) in [6, 6.07) is 0. The van der Waals surface area contributed by atoms with E-state index >= 15 is 0 Å². The Labute approximate surface area is 103 Å². The monoisotopic (exact) mass is 263 g/mol. The first-order chi connectivity index (χ1) is 8.20. The lowest BCUT2D eigenvalue weighted by Crippen LogP contribution is -2.21. The Bertz CT molecular complexity index is 361. The lowest BCUT2D eigenvalue weighted by Gasteiger charge is -2.13. The van der Waals surface area contributed by atoms with E-state index in [2.05, 4.69) is 9.36 Å². The fourth-order valence-corrected chi connectivity index (χ4v) is 2.58. The molecule has 0 saturated carbocycles. The molecule has 0 N–H and O–H groups in total. The third-order valence-corrected chi connectivity index (χ3v) is 3.65. The highest BCUT2D eigenvalue weighted by atomic mass is 32.1. The maximum atomic E-state index is 12.5. The van der Waals surface area contributed by atoms with E-state index in [1.165, 1.54) is 11.5 Å². The van der Waals surface area contributed by atoms with Crippen molar-refractivity contribution in [1.82, 2.24) is 9.36 Å². The number of aromatic nitrogens is 2. The van der Waals surface area contributed by atoms with Crippen LogP contribution in [0, 0.1) is 5.92 Å². The van der Waals surface area contributed by atoms with E-state index in [0.29, 0.717) is 32.5 Å². The minimum atomic E-state index is -2.24. The van der Waals surface area contributed by atoms with Crippen LogP contribution in [-0.2, 0) is 11.2 Å². The van der Waals surface area contributed by atoms with E-state index in [1.54, 1.807) is 7.11 Å². The van der Waals surface area contributed by atoms with Gasteiger partial charge in [0.05, 0.1) is 6.61 Å². The zero-order valence-corrected chi connectivity index (χ0v) is 10.4. The topological polar surface area (TPSA) is 38.2 Å². The number of nitrogens with zero attached hydrogens (tertiary/aromatic N) is 3. The number of hydrogen-bond acceptors (Lipinski definition) is 5. The van der Waals surface area contributed by atoms with Crippen LogP contribution in [0.25, 0.3) is 0 Å². The Balaban J connectivity index is 1.92. The molecule has 2 heterocycles. The molecule has 1 unspecified atom stereocenters. The molecule has 0 spiro atoms. The van der Waals surface area contributed by atoms with Gasteiger partial charge in [-0.3, -0.25) is 0 Å². The van der Waals surface area contributed by atoms with Gasteiger partial charge in [-0.05, 0) is 6.42 Å². The number of halogens is 2. The van der Waals surface area contributed by atoms with Crippen LogP contribution in [0.1, 0.15) is 12.2 Å². The van der Waals surface area contributed by atoms with Crippen molar-refractivity contribution in [3.8, 4) is 0 Å². The summed E-state index contributed by atoms with van der Waals surface area (Å²) >= 11 is 1.28. The first-order valence-electron chi connectivity index (χ1n) is 5.55. The molecule has 1 aromatic heterocycles. The molecule has 0 aromatic carbocycles. The average molecular weight is 263 g/mol. The van der Waals surface area contributed by atoms with Crippen molar-refractivity contribution in [2.75, 3.05) is 31.7 Å². The van der Waals surface area contributed by atoms with Crippen LogP contribution in [0.3, 0.4) is 0 Å². The van der Waals surface area contributed by atoms with Crippen LogP contribution in [0.5, 0.6) is 0 Å². The number of rotatable bonds is 5. The molecule has 1 fully saturated rings. The van der Waals surface area contributed by atoms with Gasteiger partial charge in [-0.15, -0.1) is 0 Å². The fraction of sp³-hybridized carbons (Fsp3) is 0.800. The smallest absolute Gasteiger partial charge is 0.243 e. The third kappa shape index (κ3) is 3.10. The zero-order chi connectivity index (χ0) is 12.3. The van der Waals surface area contributed by atoms with E-state index in [9.17, 15) is 8.78 Å². The second-order valence-electron chi connectivity index (χ2n) is 4.07. The lowest BCUT2D eigenvalue weighted by atomic mass is 10.1. The molecular formula is C10H15F2N3OS. The molecule has 0 amide bonds. The van der Waals surface area contributed by atoms with Gasteiger partial charge >= 0.3 is 0 Å².